The summed E-state index contributed by atoms with van der Waals surface area (Å²) in [5.74, 6) is -2.62. The number of methoxy groups -OCH3 is 1. The molecule has 0 aliphatic carbocycles. The quantitative estimate of drug-likeness (QED) is 0.135. The molecule has 0 saturated heterocycles. The zero-order chi connectivity index (χ0) is 32.3. The van der Waals surface area contributed by atoms with Gasteiger partial charge in [0, 0.05) is 17.2 Å². The third-order valence-corrected chi connectivity index (χ3v) is 9.14. The summed E-state index contributed by atoms with van der Waals surface area (Å²) in [6, 6.07) is 22.9. The van der Waals surface area contributed by atoms with Crippen LogP contribution in [0.2, 0.25) is 29.7 Å². The molecule has 1 atom stereocenters. The number of aryl methyl sites for hydroxylation is 1. The molecule has 0 aliphatic rings. The van der Waals surface area contributed by atoms with Crippen molar-refractivity contribution in [2.24, 2.45) is 0 Å². The van der Waals surface area contributed by atoms with Gasteiger partial charge in [-0.3, -0.25) is 4.90 Å². The van der Waals surface area contributed by atoms with E-state index in [0.29, 0.717) is 15.8 Å². The average molecular weight is 657 g/mol. The van der Waals surface area contributed by atoms with Gasteiger partial charge in [0.15, 0.2) is 13.9 Å². The second-order valence-corrected chi connectivity index (χ2v) is 17.7. The predicted molar refractivity (Wildman–Crippen MR) is 172 cm³/mol. The van der Waals surface area contributed by atoms with Crippen molar-refractivity contribution in [1.82, 2.24) is 4.90 Å². The minimum absolute atomic E-state index is 0.300. The number of hydrogen-bond donors (Lipinski definition) is 0. The van der Waals surface area contributed by atoms with Crippen LogP contribution in [0.15, 0.2) is 72.8 Å². The number of benzene rings is 3. The Kier molecular flexibility index (Phi) is 11.1. The third kappa shape index (κ3) is 8.15. The van der Waals surface area contributed by atoms with Gasteiger partial charge >= 0.3 is 6.18 Å². The molecule has 0 aromatic heterocycles. The Labute approximate surface area is 265 Å². The highest BCUT2D eigenvalue weighted by atomic mass is 35.5. The molecule has 4 nitrogen and oxygen atoms in total. The summed E-state index contributed by atoms with van der Waals surface area (Å²) in [4.78, 5) is 2.31. The van der Waals surface area contributed by atoms with Crippen molar-refractivity contribution >= 4 is 31.5 Å². The summed E-state index contributed by atoms with van der Waals surface area (Å²) >= 11 is 12.4. The lowest BCUT2D eigenvalue weighted by Gasteiger charge is -2.48. The van der Waals surface area contributed by atoms with E-state index in [0.717, 1.165) is 43.2 Å². The monoisotopic (exact) mass is 655 g/mol. The molecule has 3 aromatic rings. The lowest BCUT2D eigenvalue weighted by Crippen LogP contribution is -2.68. The predicted octanol–water partition coefficient (Wildman–Crippen LogP) is 9.74. The van der Waals surface area contributed by atoms with E-state index in [4.69, 9.17) is 37.1 Å². The summed E-state index contributed by atoms with van der Waals surface area (Å²) in [5.41, 5.74) is 0.969. The van der Waals surface area contributed by atoms with Gasteiger partial charge in [-0.15, -0.1) is 0 Å². The van der Waals surface area contributed by atoms with Crippen LogP contribution in [0, 0.1) is 0 Å². The Morgan fingerprint density at radius 1 is 0.767 bits per heavy atom. The van der Waals surface area contributed by atoms with Gasteiger partial charge in [0.05, 0.1) is 5.54 Å². The maximum Gasteiger partial charge on any atom is 0.446 e. The summed E-state index contributed by atoms with van der Waals surface area (Å²) in [6.07, 6.45) is -3.19. The van der Waals surface area contributed by atoms with Crippen LogP contribution in [0.1, 0.15) is 43.9 Å². The Morgan fingerprint density at radius 3 is 1.63 bits per heavy atom. The van der Waals surface area contributed by atoms with E-state index in [2.05, 4.69) is 18.9 Å². The van der Waals surface area contributed by atoms with E-state index in [1.54, 1.807) is 31.8 Å². The molecule has 0 amide bonds. The van der Waals surface area contributed by atoms with Gasteiger partial charge in [0.25, 0.3) is 5.79 Å². The number of rotatable bonds is 13. The first-order valence-electron chi connectivity index (χ1n) is 14.2. The van der Waals surface area contributed by atoms with Crippen LogP contribution in [-0.2, 0) is 21.1 Å². The van der Waals surface area contributed by atoms with Crippen molar-refractivity contribution in [1.29, 1.82) is 0 Å². The van der Waals surface area contributed by atoms with E-state index in [9.17, 15) is 13.2 Å². The first-order chi connectivity index (χ1) is 19.8. The second kappa shape index (κ2) is 13.5. The number of halogens is 5. The molecule has 0 spiro atoms. The van der Waals surface area contributed by atoms with Crippen LogP contribution in [-0.4, -0.2) is 51.5 Å². The molecule has 3 aromatic carbocycles. The van der Waals surface area contributed by atoms with Crippen LogP contribution in [0.3, 0.4) is 0 Å². The lowest BCUT2D eigenvalue weighted by atomic mass is 9.83. The number of alkyl halides is 3. The minimum atomic E-state index is -4.82. The Balaban J connectivity index is 1.73. The maximum atomic E-state index is 14.4. The number of ether oxygens (including phenoxy) is 2. The summed E-state index contributed by atoms with van der Waals surface area (Å²) in [6.45, 7) is 10.7. The first-order valence-corrected chi connectivity index (χ1v) is 18.3. The smallest absolute Gasteiger partial charge is 0.446 e. The first kappa shape index (κ1) is 35.4. The molecule has 0 N–H and O–H groups in total. The summed E-state index contributed by atoms with van der Waals surface area (Å²) in [5, 5.41) is 1.35. The second-order valence-electron chi connectivity index (χ2n) is 12.4. The van der Waals surface area contributed by atoms with Gasteiger partial charge in [-0.25, -0.2) is 0 Å². The zero-order valence-corrected chi connectivity index (χ0v) is 28.6. The Bertz CT molecular complexity index is 1280. The van der Waals surface area contributed by atoms with E-state index < -0.39 is 31.4 Å². The molecule has 0 heterocycles. The molecular weight excluding hydrogens is 614 g/mol. The largest absolute Gasteiger partial charge is 0.482 e. The zero-order valence-electron chi connectivity index (χ0n) is 26.1. The number of nitrogens with zero attached hydrogens (tertiary/aromatic N) is 1. The molecule has 0 bridgehead atoms. The van der Waals surface area contributed by atoms with Gasteiger partial charge in [0.1, 0.15) is 5.75 Å². The minimum Gasteiger partial charge on any atom is -0.482 e. The maximum absolute atomic E-state index is 14.4. The molecule has 0 fully saturated rings. The molecular formula is C33H42Cl2F3NO3Si. The van der Waals surface area contributed by atoms with Crippen molar-refractivity contribution in [3.8, 4) is 5.75 Å². The third-order valence-electron chi connectivity index (χ3n) is 7.73. The van der Waals surface area contributed by atoms with Crippen LogP contribution in [0.5, 0.6) is 5.75 Å². The topological polar surface area (TPSA) is 30.9 Å². The average Bonchev–Trinajstić information content (AvgIpc) is 2.91. The van der Waals surface area contributed by atoms with Crippen molar-refractivity contribution in [3.05, 3.63) is 99.5 Å². The molecule has 236 valence electrons. The van der Waals surface area contributed by atoms with Gasteiger partial charge in [-0.05, 0) is 120 Å². The summed E-state index contributed by atoms with van der Waals surface area (Å²) < 4.78 is 59.8. The van der Waals surface area contributed by atoms with Crippen molar-refractivity contribution in [2.45, 2.75) is 76.4 Å². The molecule has 10 heteroatoms. The van der Waals surface area contributed by atoms with Crippen LogP contribution >= 0.6 is 23.2 Å². The molecule has 43 heavy (non-hydrogen) atoms. The van der Waals surface area contributed by atoms with E-state index in [-0.39, 0.29) is 0 Å². The molecule has 0 radical (unpaired) electrons. The molecule has 0 aliphatic heterocycles. The van der Waals surface area contributed by atoms with Crippen molar-refractivity contribution in [2.75, 3.05) is 20.7 Å². The highest BCUT2D eigenvalue weighted by Crippen LogP contribution is 2.46. The SMILES string of the molecule is COC(O[Si](C)(C)C)(C(F)(F)F)C(C)(C)Oc1ccc(CCCN(C)C(C)(c2ccc(Cl)cc2)c2ccc(Cl)cc2)cc1. The van der Waals surface area contributed by atoms with Crippen LogP contribution in [0.25, 0.3) is 0 Å². The van der Waals surface area contributed by atoms with Gasteiger partial charge < -0.3 is 13.9 Å². The molecule has 3 rings (SSSR count). The fraction of sp³-hybridized carbons (Fsp3) is 0.455. The summed E-state index contributed by atoms with van der Waals surface area (Å²) in [7, 11) is 0.408. The Hall–Kier alpha value is -2.07. The van der Waals surface area contributed by atoms with Crippen molar-refractivity contribution < 1.29 is 27.1 Å². The van der Waals surface area contributed by atoms with E-state index >= 15 is 0 Å². The fourth-order valence-corrected chi connectivity index (χ4v) is 6.90. The molecule has 1 unspecified atom stereocenters. The van der Waals surface area contributed by atoms with Gasteiger partial charge in [-0.1, -0.05) is 59.6 Å². The van der Waals surface area contributed by atoms with Crippen LogP contribution < -0.4 is 4.74 Å². The standard InChI is InChI=1S/C33H42Cl2F3NO3Si/c1-30(2,32(40-5,33(36,37)38)42-43(6,7)8)41-29-21-11-24(12-22-29)10-9-23-39(4)31(3,25-13-17-27(34)18-14-25)26-15-19-28(35)20-16-26/h11-22H,9-10,23H2,1-8H3. The van der Waals surface area contributed by atoms with Crippen molar-refractivity contribution in [3.63, 3.8) is 0 Å². The lowest BCUT2D eigenvalue weighted by molar-refractivity contribution is -0.392. The van der Waals surface area contributed by atoms with Gasteiger partial charge in [-0.2, -0.15) is 13.2 Å². The highest BCUT2D eigenvalue weighted by Gasteiger charge is 2.68. The Morgan fingerprint density at radius 2 is 1.23 bits per heavy atom. The normalized spacial score (nSPS) is 14.6. The van der Waals surface area contributed by atoms with E-state index in [1.165, 1.54) is 13.8 Å². The van der Waals surface area contributed by atoms with E-state index in [1.807, 2.05) is 60.7 Å². The van der Waals surface area contributed by atoms with Gasteiger partial charge in [0.2, 0.25) is 0 Å². The van der Waals surface area contributed by atoms with Crippen LogP contribution in [0.4, 0.5) is 13.2 Å². The fourth-order valence-electron chi connectivity index (χ4n) is 5.34. The highest BCUT2D eigenvalue weighted by molar-refractivity contribution is 6.69. The number of hydrogen-bond acceptors (Lipinski definition) is 4. The molecule has 0 saturated carbocycles.